The Morgan fingerprint density at radius 3 is 3.00 bits per heavy atom. The Kier molecular flexibility index (Phi) is 1.87. The van der Waals surface area contributed by atoms with Gasteiger partial charge in [0.2, 0.25) is 0 Å². The molecule has 10 heavy (non-hydrogen) atoms. The minimum absolute atomic E-state index is 0.637. The summed E-state index contributed by atoms with van der Waals surface area (Å²) in [7, 11) is 1.80. The first-order valence-corrected chi connectivity index (χ1v) is 3.04. The number of aliphatic hydroxyl groups is 1. The van der Waals surface area contributed by atoms with E-state index in [0.717, 1.165) is 0 Å². The van der Waals surface area contributed by atoms with E-state index in [-0.39, 0.29) is 0 Å². The minimum atomic E-state index is -0.638. The summed E-state index contributed by atoms with van der Waals surface area (Å²) in [5.41, 5.74) is 0.637. The van der Waals surface area contributed by atoms with Crippen LogP contribution in [0.25, 0.3) is 0 Å². The molecule has 0 saturated carbocycles. The lowest BCUT2D eigenvalue weighted by molar-refractivity contribution is 0.223. The smallest absolute Gasteiger partial charge is 0.116 e. The standard InChI is InChI=1S/C7H10N2O/c1-3-7(10)6-4-5-9(2)8-6/h3-5,7,10H,1H2,2H3. The van der Waals surface area contributed by atoms with Crippen molar-refractivity contribution in [2.24, 2.45) is 7.05 Å². The van der Waals surface area contributed by atoms with Crippen molar-refractivity contribution in [2.75, 3.05) is 0 Å². The second kappa shape index (κ2) is 2.66. The molecule has 1 rings (SSSR count). The number of aliphatic hydroxyl groups excluding tert-OH is 1. The Bertz CT molecular complexity index is 229. The van der Waals surface area contributed by atoms with Crippen LogP contribution in [0.15, 0.2) is 24.9 Å². The molecule has 0 fully saturated rings. The zero-order chi connectivity index (χ0) is 7.56. The Morgan fingerprint density at radius 1 is 1.90 bits per heavy atom. The van der Waals surface area contributed by atoms with Gasteiger partial charge in [0.05, 0.1) is 5.69 Å². The van der Waals surface area contributed by atoms with E-state index in [2.05, 4.69) is 11.7 Å². The highest BCUT2D eigenvalue weighted by molar-refractivity contribution is 5.07. The molecule has 1 aromatic rings. The zero-order valence-corrected chi connectivity index (χ0v) is 5.86. The summed E-state index contributed by atoms with van der Waals surface area (Å²) in [4.78, 5) is 0. The van der Waals surface area contributed by atoms with Crippen molar-refractivity contribution in [3.63, 3.8) is 0 Å². The molecule has 0 spiro atoms. The van der Waals surface area contributed by atoms with E-state index < -0.39 is 6.10 Å². The van der Waals surface area contributed by atoms with E-state index in [4.69, 9.17) is 5.11 Å². The molecule has 0 bridgehead atoms. The predicted octanol–water partition coefficient (Wildman–Crippen LogP) is 0.639. The average Bonchev–Trinajstić information content (AvgIpc) is 2.34. The van der Waals surface area contributed by atoms with E-state index in [1.54, 1.807) is 24.0 Å². The molecule has 0 amide bonds. The van der Waals surface area contributed by atoms with Crippen molar-refractivity contribution >= 4 is 0 Å². The fraction of sp³-hybridized carbons (Fsp3) is 0.286. The summed E-state index contributed by atoms with van der Waals surface area (Å²) in [5, 5.41) is 13.1. The number of nitrogens with zero attached hydrogens (tertiary/aromatic N) is 2. The van der Waals surface area contributed by atoms with Crippen LogP contribution in [0.3, 0.4) is 0 Å². The Morgan fingerprint density at radius 2 is 2.60 bits per heavy atom. The molecule has 1 aromatic heterocycles. The van der Waals surface area contributed by atoms with Gasteiger partial charge in [0, 0.05) is 13.2 Å². The van der Waals surface area contributed by atoms with Crippen LogP contribution in [-0.4, -0.2) is 14.9 Å². The van der Waals surface area contributed by atoms with Crippen molar-refractivity contribution in [1.29, 1.82) is 0 Å². The number of rotatable bonds is 2. The molecule has 1 heterocycles. The van der Waals surface area contributed by atoms with Crippen LogP contribution in [0, 0.1) is 0 Å². The lowest BCUT2D eigenvalue weighted by Crippen LogP contribution is -1.95. The lowest BCUT2D eigenvalue weighted by atomic mass is 10.3. The maximum Gasteiger partial charge on any atom is 0.116 e. The molecule has 0 radical (unpaired) electrons. The molecule has 0 aromatic carbocycles. The molecule has 1 N–H and O–H groups in total. The van der Waals surface area contributed by atoms with Crippen LogP contribution in [0.1, 0.15) is 11.8 Å². The van der Waals surface area contributed by atoms with E-state index in [0.29, 0.717) is 5.69 Å². The SMILES string of the molecule is C=CC(O)c1ccn(C)n1. The molecule has 3 nitrogen and oxygen atoms in total. The van der Waals surface area contributed by atoms with E-state index in [1.807, 2.05) is 0 Å². The lowest BCUT2D eigenvalue weighted by Gasteiger charge is -1.97. The predicted molar refractivity (Wildman–Crippen MR) is 38.4 cm³/mol. The highest BCUT2D eigenvalue weighted by Crippen LogP contribution is 2.08. The number of hydrogen-bond donors (Lipinski definition) is 1. The van der Waals surface area contributed by atoms with Gasteiger partial charge in [0.15, 0.2) is 0 Å². The molecule has 0 aliphatic rings. The van der Waals surface area contributed by atoms with Crippen LogP contribution in [0.2, 0.25) is 0 Å². The van der Waals surface area contributed by atoms with Gasteiger partial charge in [-0.2, -0.15) is 5.10 Å². The Labute approximate surface area is 59.6 Å². The average molecular weight is 138 g/mol. The third kappa shape index (κ3) is 1.25. The van der Waals surface area contributed by atoms with Gasteiger partial charge in [0.1, 0.15) is 6.10 Å². The van der Waals surface area contributed by atoms with Gasteiger partial charge in [-0.15, -0.1) is 6.58 Å². The number of aromatic nitrogens is 2. The van der Waals surface area contributed by atoms with Crippen LogP contribution < -0.4 is 0 Å². The summed E-state index contributed by atoms with van der Waals surface area (Å²) in [5.74, 6) is 0. The van der Waals surface area contributed by atoms with Crippen molar-refractivity contribution < 1.29 is 5.11 Å². The second-order valence-corrected chi connectivity index (χ2v) is 2.09. The van der Waals surface area contributed by atoms with Gasteiger partial charge in [-0.1, -0.05) is 6.08 Å². The zero-order valence-electron chi connectivity index (χ0n) is 5.86. The van der Waals surface area contributed by atoms with Gasteiger partial charge in [-0.3, -0.25) is 4.68 Å². The summed E-state index contributed by atoms with van der Waals surface area (Å²) in [6.45, 7) is 3.45. The van der Waals surface area contributed by atoms with Gasteiger partial charge < -0.3 is 5.11 Å². The highest BCUT2D eigenvalue weighted by Gasteiger charge is 2.03. The largest absolute Gasteiger partial charge is 0.383 e. The van der Waals surface area contributed by atoms with Gasteiger partial charge in [-0.25, -0.2) is 0 Å². The first-order chi connectivity index (χ1) is 4.74. The third-order valence-corrected chi connectivity index (χ3v) is 1.26. The quantitative estimate of drug-likeness (QED) is 0.609. The normalized spacial score (nSPS) is 13.0. The van der Waals surface area contributed by atoms with Crippen LogP contribution in [0.5, 0.6) is 0 Å². The van der Waals surface area contributed by atoms with E-state index in [1.165, 1.54) is 6.08 Å². The topological polar surface area (TPSA) is 38.0 Å². The molecule has 1 unspecified atom stereocenters. The molecule has 54 valence electrons. The molecule has 3 heteroatoms. The molecular weight excluding hydrogens is 128 g/mol. The molecule has 0 aliphatic carbocycles. The maximum atomic E-state index is 9.15. The number of aryl methyl sites for hydroxylation is 1. The van der Waals surface area contributed by atoms with E-state index in [9.17, 15) is 0 Å². The summed E-state index contributed by atoms with van der Waals surface area (Å²) >= 11 is 0. The number of hydrogen-bond acceptors (Lipinski definition) is 2. The van der Waals surface area contributed by atoms with Gasteiger partial charge in [-0.05, 0) is 6.07 Å². The summed E-state index contributed by atoms with van der Waals surface area (Å²) in [6, 6.07) is 1.76. The van der Waals surface area contributed by atoms with Crippen molar-refractivity contribution in [1.82, 2.24) is 9.78 Å². The Balaban J connectivity index is 2.84. The van der Waals surface area contributed by atoms with Crippen molar-refractivity contribution in [3.05, 3.63) is 30.6 Å². The van der Waals surface area contributed by atoms with Crippen LogP contribution in [0.4, 0.5) is 0 Å². The minimum Gasteiger partial charge on any atom is -0.383 e. The van der Waals surface area contributed by atoms with Crippen LogP contribution in [-0.2, 0) is 7.05 Å². The Hall–Kier alpha value is -1.09. The summed E-state index contributed by atoms with van der Waals surface area (Å²) in [6.07, 6.45) is 2.59. The van der Waals surface area contributed by atoms with Gasteiger partial charge >= 0.3 is 0 Å². The first kappa shape index (κ1) is 7.02. The highest BCUT2D eigenvalue weighted by atomic mass is 16.3. The van der Waals surface area contributed by atoms with Gasteiger partial charge in [0.25, 0.3) is 0 Å². The van der Waals surface area contributed by atoms with E-state index >= 15 is 0 Å². The molecule has 0 aliphatic heterocycles. The van der Waals surface area contributed by atoms with Crippen molar-refractivity contribution in [2.45, 2.75) is 6.10 Å². The first-order valence-electron chi connectivity index (χ1n) is 3.04. The molecule has 1 atom stereocenters. The monoisotopic (exact) mass is 138 g/mol. The maximum absolute atomic E-state index is 9.15. The summed E-state index contributed by atoms with van der Waals surface area (Å²) < 4.78 is 1.64. The fourth-order valence-corrected chi connectivity index (χ4v) is 0.712. The molecular formula is C7H10N2O. The second-order valence-electron chi connectivity index (χ2n) is 2.09. The van der Waals surface area contributed by atoms with Crippen molar-refractivity contribution in [3.8, 4) is 0 Å². The van der Waals surface area contributed by atoms with Crippen LogP contribution >= 0.6 is 0 Å². The molecule has 0 saturated heterocycles. The third-order valence-electron chi connectivity index (χ3n) is 1.26. The fourth-order valence-electron chi connectivity index (χ4n) is 0.712.